The van der Waals surface area contributed by atoms with Gasteiger partial charge in [0.1, 0.15) is 17.1 Å². The standard InChI is InChI=1S/C26H24N2O4/c1-17(12-26(29)28-15-18-8-10-27-11-9-18)20-13-21-22(16-32-25(21)14-24(20)31-3)19-6-4-5-7-23(19)30-2/h4-14,16H,15H2,1-3H3,(H,28,29)/b17-12+. The molecule has 1 N–H and O–H groups in total. The Kier molecular flexibility index (Phi) is 6.22. The summed E-state index contributed by atoms with van der Waals surface area (Å²) in [5.74, 6) is 1.21. The van der Waals surface area contributed by atoms with Crippen LogP contribution in [0.5, 0.6) is 11.5 Å². The maximum atomic E-state index is 12.5. The summed E-state index contributed by atoms with van der Waals surface area (Å²) in [6.45, 7) is 2.32. The van der Waals surface area contributed by atoms with E-state index < -0.39 is 0 Å². The van der Waals surface area contributed by atoms with Crippen molar-refractivity contribution in [2.45, 2.75) is 13.5 Å². The van der Waals surface area contributed by atoms with E-state index in [0.717, 1.165) is 39.0 Å². The number of allylic oxidation sites excluding steroid dienone is 1. The molecule has 0 bridgehead atoms. The van der Waals surface area contributed by atoms with Gasteiger partial charge < -0.3 is 19.2 Å². The number of furan rings is 1. The number of ether oxygens (including phenoxy) is 2. The van der Waals surface area contributed by atoms with Gasteiger partial charge in [0.2, 0.25) is 5.91 Å². The van der Waals surface area contributed by atoms with Crippen molar-refractivity contribution < 1.29 is 18.7 Å². The highest BCUT2D eigenvalue weighted by molar-refractivity contribution is 6.01. The van der Waals surface area contributed by atoms with E-state index in [1.165, 1.54) is 0 Å². The minimum Gasteiger partial charge on any atom is -0.496 e. The molecule has 6 nitrogen and oxygen atoms in total. The third kappa shape index (κ3) is 4.34. The molecule has 0 radical (unpaired) electrons. The maximum absolute atomic E-state index is 12.5. The Balaban J connectivity index is 1.68. The van der Waals surface area contributed by atoms with Crippen molar-refractivity contribution in [3.8, 4) is 22.6 Å². The topological polar surface area (TPSA) is 73.6 Å². The molecule has 4 rings (SSSR count). The van der Waals surface area contributed by atoms with Crippen molar-refractivity contribution in [1.29, 1.82) is 0 Å². The first-order valence-electron chi connectivity index (χ1n) is 10.2. The number of nitrogens with zero attached hydrogens (tertiary/aromatic N) is 1. The van der Waals surface area contributed by atoms with Crippen LogP contribution in [-0.4, -0.2) is 25.1 Å². The number of amides is 1. The highest BCUT2D eigenvalue weighted by Crippen LogP contribution is 2.40. The van der Waals surface area contributed by atoms with E-state index in [0.29, 0.717) is 17.9 Å². The SMILES string of the molecule is COc1cc2occ(-c3ccccc3OC)c2cc1/C(C)=C/C(=O)NCc1ccncc1. The van der Waals surface area contributed by atoms with Crippen molar-refractivity contribution in [2.75, 3.05) is 14.2 Å². The van der Waals surface area contributed by atoms with E-state index in [4.69, 9.17) is 13.9 Å². The van der Waals surface area contributed by atoms with E-state index in [1.807, 2.05) is 55.5 Å². The molecule has 4 aromatic rings. The molecule has 2 aromatic heterocycles. The summed E-state index contributed by atoms with van der Waals surface area (Å²) in [5.41, 5.74) is 5.12. The lowest BCUT2D eigenvalue weighted by molar-refractivity contribution is -0.116. The summed E-state index contributed by atoms with van der Waals surface area (Å²) in [4.78, 5) is 16.5. The Morgan fingerprint density at radius 2 is 1.78 bits per heavy atom. The van der Waals surface area contributed by atoms with Gasteiger partial charge in [-0.1, -0.05) is 18.2 Å². The van der Waals surface area contributed by atoms with Crippen LogP contribution in [0.3, 0.4) is 0 Å². The van der Waals surface area contributed by atoms with Gasteiger partial charge in [0.05, 0.1) is 20.5 Å². The van der Waals surface area contributed by atoms with E-state index in [-0.39, 0.29) is 5.91 Å². The molecule has 2 aromatic carbocycles. The summed E-state index contributed by atoms with van der Waals surface area (Å²) in [6, 6.07) is 15.4. The van der Waals surface area contributed by atoms with Gasteiger partial charge in [0.25, 0.3) is 0 Å². The second kappa shape index (κ2) is 9.39. The lowest BCUT2D eigenvalue weighted by Gasteiger charge is -2.11. The van der Waals surface area contributed by atoms with Gasteiger partial charge in [0.15, 0.2) is 0 Å². The molecule has 0 aliphatic carbocycles. The fourth-order valence-electron chi connectivity index (χ4n) is 3.62. The van der Waals surface area contributed by atoms with E-state index in [2.05, 4.69) is 10.3 Å². The van der Waals surface area contributed by atoms with Gasteiger partial charge in [0, 0.05) is 53.2 Å². The van der Waals surface area contributed by atoms with Crippen molar-refractivity contribution in [1.82, 2.24) is 10.3 Å². The molecule has 6 heteroatoms. The van der Waals surface area contributed by atoms with Crippen LogP contribution in [0, 0.1) is 0 Å². The van der Waals surface area contributed by atoms with E-state index in [1.54, 1.807) is 39.0 Å². The van der Waals surface area contributed by atoms with Gasteiger partial charge in [-0.2, -0.15) is 0 Å². The average molecular weight is 428 g/mol. The molecule has 0 atom stereocenters. The van der Waals surface area contributed by atoms with Crippen molar-refractivity contribution in [2.24, 2.45) is 0 Å². The number of methoxy groups -OCH3 is 2. The molecular formula is C26H24N2O4. The van der Waals surface area contributed by atoms with Crippen LogP contribution in [0.4, 0.5) is 0 Å². The Morgan fingerprint density at radius 1 is 1.03 bits per heavy atom. The highest BCUT2D eigenvalue weighted by Gasteiger charge is 2.16. The zero-order valence-corrected chi connectivity index (χ0v) is 18.2. The second-order valence-corrected chi connectivity index (χ2v) is 7.30. The van der Waals surface area contributed by atoms with Crippen LogP contribution in [-0.2, 0) is 11.3 Å². The lowest BCUT2D eigenvalue weighted by atomic mass is 9.98. The molecule has 32 heavy (non-hydrogen) atoms. The van der Waals surface area contributed by atoms with Crippen LogP contribution >= 0.6 is 0 Å². The third-order valence-electron chi connectivity index (χ3n) is 5.28. The van der Waals surface area contributed by atoms with Crippen LogP contribution in [0.1, 0.15) is 18.1 Å². The van der Waals surface area contributed by atoms with Gasteiger partial charge in [-0.05, 0) is 42.3 Å². The molecule has 0 spiro atoms. The number of nitrogens with one attached hydrogen (secondary N) is 1. The first kappa shape index (κ1) is 21.2. The zero-order valence-electron chi connectivity index (χ0n) is 18.2. The van der Waals surface area contributed by atoms with E-state index >= 15 is 0 Å². The Hall–Kier alpha value is -4.06. The number of para-hydroxylation sites is 1. The molecule has 0 aliphatic heterocycles. The second-order valence-electron chi connectivity index (χ2n) is 7.30. The molecule has 162 valence electrons. The molecule has 0 aliphatic rings. The third-order valence-corrected chi connectivity index (χ3v) is 5.28. The molecule has 1 amide bonds. The number of fused-ring (bicyclic) bond motifs is 1. The van der Waals surface area contributed by atoms with Crippen LogP contribution in [0.2, 0.25) is 0 Å². The molecular weight excluding hydrogens is 404 g/mol. The smallest absolute Gasteiger partial charge is 0.244 e. The Labute approximate surface area is 186 Å². The maximum Gasteiger partial charge on any atom is 0.244 e. The van der Waals surface area contributed by atoms with Crippen molar-refractivity contribution in [3.63, 3.8) is 0 Å². The summed E-state index contributed by atoms with van der Waals surface area (Å²) in [6.07, 6.45) is 6.69. The first-order chi connectivity index (χ1) is 15.6. The molecule has 2 heterocycles. The zero-order chi connectivity index (χ0) is 22.5. The van der Waals surface area contributed by atoms with Crippen molar-refractivity contribution >= 4 is 22.4 Å². The van der Waals surface area contributed by atoms with Crippen LogP contribution < -0.4 is 14.8 Å². The predicted molar refractivity (Wildman–Crippen MR) is 124 cm³/mol. The van der Waals surface area contributed by atoms with Gasteiger partial charge in [-0.3, -0.25) is 9.78 Å². The molecule has 0 unspecified atom stereocenters. The Bertz CT molecular complexity index is 1280. The Morgan fingerprint density at radius 3 is 2.53 bits per heavy atom. The fourth-order valence-corrected chi connectivity index (χ4v) is 3.62. The van der Waals surface area contributed by atoms with Gasteiger partial charge in [-0.25, -0.2) is 0 Å². The quantitative estimate of drug-likeness (QED) is 0.408. The minimum atomic E-state index is -0.182. The normalized spacial score (nSPS) is 11.4. The van der Waals surface area contributed by atoms with Crippen molar-refractivity contribution in [3.05, 3.63) is 84.4 Å². The molecule has 0 saturated carbocycles. The number of rotatable bonds is 7. The number of carbonyl (C=O) groups is 1. The summed E-state index contributed by atoms with van der Waals surface area (Å²) >= 11 is 0. The number of aromatic nitrogens is 1. The summed E-state index contributed by atoms with van der Waals surface area (Å²) in [5, 5.41) is 3.81. The number of hydrogen-bond donors (Lipinski definition) is 1. The predicted octanol–water partition coefficient (Wildman–Crippen LogP) is 5.23. The van der Waals surface area contributed by atoms with Crippen LogP contribution in [0.25, 0.3) is 27.7 Å². The number of carbonyl (C=O) groups excluding carboxylic acids is 1. The largest absolute Gasteiger partial charge is 0.496 e. The van der Waals surface area contributed by atoms with Gasteiger partial charge >= 0.3 is 0 Å². The van der Waals surface area contributed by atoms with Gasteiger partial charge in [-0.15, -0.1) is 0 Å². The highest BCUT2D eigenvalue weighted by atomic mass is 16.5. The lowest BCUT2D eigenvalue weighted by Crippen LogP contribution is -2.20. The monoisotopic (exact) mass is 428 g/mol. The first-order valence-corrected chi connectivity index (χ1v) is 10.2. The summed E-state index contributed by atoms with van der Waals surface area (Å²) in [7, 11) is 3.25. The average Bonchev–Trinajstić information content (AvgIpc) is 3.25. The number of benzene rings is 2. The van der Waals surface area contributed by atoms with E-state index in [9.17, 15) is 4.79 Å². The fraction of sp³-hybridized carbons (Fsp3) is 0.154. The summed E-state index contributed by atoms with van der Waals surface area (Å²) < 4.78 is 16.9. The van der Waals surface area contributed by atoms with Crippen LogP contribution in [0.15, 0.2) is 77.7 Å². The number of pyridine rings is 1. The minimum absolute atomic E-state index is 0.182. The molecule has 0 fully saturated rings. The number of hydrogen-bond acceptors (Lipinski definition) is 5. The molecule has 0 saturated heterocycles.